The molecule has 5 nitrogen and oxygen atoms in total. The molecule has 1 heterocycles. The molecule has 5 heteroatoms. The van der Waals surface area contributed by atoms with Gasteiger partial charge in [0, 0.05) is 5.56 Å². The second-order valence-electron chi connectivity index (χ2n) is 5.51. The summed E-state index contributed by atoms with van der Waals surface area (Å²) in [7, 11) is 1.63. The van der Waals surface area contributed by atoms with Crippen LogP contribution in [0, 0.1) is 6.92 Å². The summed E-state index contributed by atoms with van der Waals surface area (Å²) in [6.07, 6.45) is 0.462. The van der Waals surface area contributed by atoms with Crippen molar-refractivity contribution < 1.29 is 13.9 Å². The van der Waals surface area contributed by atoms with E-state index in [-0.39, 0.29) is 6.10 Å². The lowest BCUT2D eigenvalue weighted by Crippen LogP contribution is -2.07. The molecule has 0 aliphatic rings. The fraction of sp³-hybridized carbons (Fsp3) is 0.263. The highest BCUT2D eigenvalue weighted by Gasteiger charge is 2.19. The van der Waals surface area contributed by atoms with Gasteiger partial charge in [-0.05, 0) is 55.3 Å². The van der Waals surface area contributed by atoms with Crippen LogP contribution in [-0.4, -0.2) is 17.3 Å². The molecule has 0 radical (unpaired) electrons. The maximum absolute atomic E-state index is 6.00. The predicted molar refractivity (Wildman–Crippen MR) is 91.1 cm³/mol. The number of aromatic nitrogens is 2. The van der Waals surface area contributed by atoms with Gasteiger partial charge in [-0.15, -0.1) is 10.2 Å². The van der Waals surface area contributed by atoms with Crippen LogP contribution in [-0.2, 0) is 0 Å². The van der Waals surface area contributed by atoms with Crippen LogP contribution in [0.1, 0.15) is 30.9 Å². The van der Waals surface area contributed by atoms with Crippen LogP contribution in [0.4, 0.5) is 0 Å². The molecule has 3 rings (SSSR count). The highest BCUT2D eigenvalue weighted by atomic mass is 16.5. The van der Waals surface area contributed by atoms with E-state index >= 15 is 0 Å². The Kier molecular flexibility index (Phi) is 4.79. The molecule has 0 saturated carbocycles. The van der Waals surface area contributed by atoms with E-state index in [4.69, 9.17) is 13.9 Å². The topological polar surface area (TPSA) is 57.4 Å². The highest BCUT2D eigenvalue weighted by molar-refractivity contribution is 5.54. The summed E-state index contributed by atoms with van der Waals surface area (Å²) < 4.78 is 17.0. The maximum atomic E-state index is 6.00. The van der Waals surface area contributed by atoms with Crippen molar-refractivity contribution in [2.45, 2.75) is 26.4 Å². The molecule has 2 aromatic carbocycles. The van der Waals surface area contributed by atoms with Gasteiger partial charge in [0.15, 0.2) is 6.10 Å². The van der Waals surface area contributed by atoms with Gasteiger partial charge in [-0.1, -0.05) is 19.1 Å². The van der Waals surface area contributed by atoms with Gasteiger partial charge in [0.1, 0.15) is 11.5 Å². The Bertz CT molecular complexity index is 796. The van der Waals surface area contributed by atoms with E-state index in [0.717, 1.165) is 29.0 Å². The van der Waals surface area contributed by atoms with Crippen molar-refractivity contribution in [3.8, 4) is 23.0 Å². The van der Waals surface area contributed by atoms with Gasteiger partial charge < -0.3 is 13.9 Å². The Morgan fingerprint density at radius 2 is 1.83 bits per heavy atom. The molecule has 0 N–H and O–H groups in total. The molecule has 1 aromatic heterocycles. The Morgan fingerprint density at radius 3 is 2.50 bits per heavy atom. The van der Waals surface area contributed by atoms with Crippen LogP contribution in [0.3, 0.4) is 0 Å². The molecule has 0 aliphatic carbocycles. The first-order chi connectivity index (χ1) is 11.7. The Labute approximate surface area is 141 Å². The lowest BCUT2D eigenvalue weighted by Gasteiger charge is -2.14. The molecule has 124 valence electrons. The number of rotatable bonds is 6. The van der Waals surface area contributed by atoms with E-state index in [2.05, 4.69) is 10.2 Å². The van der Waals surface area contributed by atoms with Gasteiger partial charge in [-0.25, -0.2) is 0 Å². The van der Waals surface area contributed by atoms with Crippen molar-refractivity contribution >= 4 is 0 Å². The predicted octanol–water partition coefficient (Wildman–Crippen LogP) is 4.58. The minimum Gasteiger partial charge on any atom is -0.497 e. The minimum atomic E-state index is -0.272. The second-order valence-corrected chi connectivity index (χ2v) is 5.51. The maximum Gasteiger partial charge on any atom is 0.257 e. The standard InChI is InChI=1S/C19H20N2O3/c1-4-17(23-16-7-5-6-13(2)12-16)19-21-20-18(24-19)14-8-10-15(22-3)11-9-14/h5-12,17H,4H2,1-3H3. The number of nitrogens with zero attached hydrogens (tertiary/aromatic N) is 2. The molecular weight excluding hydrogens is 304 g/mol. The van der Waals surface area contributed by atoms with E-state index in [0.29, 0.717) is 11.8 Å². The van der Waals surface area contributed by atoms with Crippen LogP contribution in [0.5, 0.6) is 11.5 Å². The number of aryl methyl sites for hydroxylation is 1. The van der Waals surface area contributed by atoms with Crippen molar-refractivity contribution in [2.75, 3.05) is 7.11 Å². The van der Waals surface area contributed by atoms with E-state index < -0.39 is 0 Å². The zero-order valence-corrected chi connectivity index (χ0v) is 14.0. The number of benzene rings is 2. The number of hydrogen-bond donors (Lipinski definition) is 0. The largest absolute Gasteiger partial charge is 0.497 e. The summed E-state index contributed by atoms with van der Waals surface area (Å²) in [5.74, 6) is 2.53. The lowest BCUT2D eigenvalue weighted by molar-refractivity contribution is 0.166. The molecular formula is C19H20N2O3. The lowest BCUT2D eigenvalue weighted by atomic mass is 10.2. The van der Waals surface area contributed by atoms with Crippen molar-refractivity contribution in [1.82, 2.24) is 10.2 Å². The van der Waals surface area contributed by atoms with E-state index in [1.165, 1.54) is 0 Å². The van der Waals surface area contributed by atoms with Crippen LogP contribution in [0.15, 0.2) is 52.9 Å². The number of hydrogen-bond acceptors (Lipinski definition) is 5. The smallest absolute Gasteiger partial charge is 0.257 e. The van der Waals surface area contributed by atoms with Crippen LogP contribution < -0.4 is 9.47 Å². The first-order valence-corrected chi connectivity index (χ1v) is 7.90. The third-order valence-corrected chi connectivity index (χ3v) is 3.69. The summed E-state index contributed by atoms with van der Waals surface area (Å²) in [6, 6.07) is 15.4. The van der Waals surface area contributed by atoms with Gasteiger partial charge in [-0.2, -0.15) is 0 Å². The third-order valence-electron chi connectivity index (χ3n) is 3.69. The molecule has 0 spiro atoms. The number of methoxy groups -OCH3 is 1. The average Bonchev–Trinajstić information content (AvgIpc) is 3.10. The highest BCUT2D eigenvalue weighted by Crippen LogP contribution is 2.27. The summed E-state index contributed by atoms with van der Waals surface area (Å²) in [5, 5.41) is 8.28. The van der Waals surface area contributed by atoms with Crippen molar-refractivity contribution in [1.29, 1.82) is 0 Å². The minimum absolute atomic E-state index is 0.272. The van der Waals surface area contributed by atoms with Gasteiger partial charge in [-0.3, -0.25) is 0 Å². The Hall–Kier alpha value is -2.82. The molecule has 3 aromatic rings. The summed E-state index contributed by atoms with van der Waals surface area (Å²) in [5.41, 5.74) is 1.99. The first-order valence-electron chi connectivity index (χ1n) is 7.90. The molecule has 1 atom stereocenters. The van der Waals surface area contributed by atoms with Crippen molar-refractivity contribution in [3.63, 3.8) is 0 Å². The fourth-order valence-corrected chi connectivity index (χ4v) is 2.38. The van der Waals surface area contributed by atoms with Gasteiger partial charge in [0.2, 0.25) is 5.89 Å². The van der Waals surface area contributed by atoms with E-state index in [1.54, 1.807) is 7.11 Å². The monoisotopic (exact) mass is 324 g/mol. The Morgan fingerprint density at radius 1 is 1.04 bits per heavy atom. The molecule has 1 unspecified atom stereocenters. The summed E-state index contributed by atoms with van der Waals surface area (Å²) in [6.45, 7) is 4.06. The quantitative estimate of drug-likeness (QED) is 0.664. The van der Waals surface area contributed by atoms with Gasteiger partial charge in [0.05, 0.1) is 7.11 Å². The van der Waals surface area contributed by atoms with Crippen LogP contribution >= 0.6 is 0 Å². The van der Waals surface area contributed by atoms with Crippen LogP contribution in [0.2, 0.25) is 0 Å². The molecule has 0 bridgehead atoms. The number of ether oxygens (including phenoxy) is 2. The molecule has 0 fully saturated rings. The van der Waals surface area contributed by atoms with E-state index in [9.17, 15) is 0 Å². The van der Waals surface area contributed by atoms with Crippen molar-refractivity contribution in [2.24, 2.45) is 0 Å². The zero-order chi connectivity index (χ0) is 16.9. The van der Waals surface area contributed by atoms with Gasteiger partial charge >= 0.3 is 0 Å². The van der Waals surface area contributed by atoms with Gasteiger partial charge in [0.25, 0.3) is 5.89 Å². The molecule has 0 saturated heterocycles. The Balaban J connectivity index is 1.79. The second kappa shape index (κ2) is 7.17. The van der Waals surface area contributed by atoms with E-state index in [1.807, 2.05) is 62.4 Å². The van der Waals surface area contributed by atoms with Crippen molar-refractivity contribution in [3.05, 3.63) is 60.0 Å². The van der Waals surface area contributed by atoms with Crippen LogP contribution in [0.25, 0.3) is 11.5 Å². The molecule has 24 heavy (non-hydrogen) atoms. The molecule has 0 amide bonds. The SMILES string of the molecule is CCC(Oc1cccc(C)c1)c1nnc(-c2ccc(OC)cc2)o1. The first kappa shape index (κ1) is 16.1. The average molecular weight is 324 g/mol. The zero-order valence-electron chi connectivity index (χ0n) is 14.0. The molecule has 0 aliphatic heterocycles. The summed E-state index contributed by atoms with van der Waals surface area (Å²) >= 11 is 0. The third kappa shape index (κ3) is 3.56. The fourth-order valence-electron chi connectivity index (χ4n) is 2.38. The summed E-state index contributed by atoms with van der Waals surface area (Å²) in [4.78, 5) is 0. The normalized spacial score (nSPS) is 12.0.